The van der Waals surface area contributed by atoms with Crippen molar-refractivity contribution < 1.29 is 21.7 Å². The van der Waals surface area contributed by atoms with Crippen LogP contribution in [-0.2, 0) is 21.2 Å². The highest BCUT2D eigenvalue weighted by molar-refractivity contribution is 7.85. The first-order valence-corrected chi connectivity index (χ1v) is 5.78. The molecular weight excluding hydrogens is 192 g/mol. The van der Waals surface area contributed by atoms with E-state index in [1.54, 1.807) is 0 Å². The summed E-state index contributed by atoms with van der Waals surface area (Å²) in [6.45, 7) is 0. The summed E-state index contributed by atoms with van der Waals surface area (Å²) in [6, 6.07) is 0. The average Bonchev–Trinajstić information content (AvgIpc) is 1.78. The summed E-state index contributed by atoms with van der Waals surface area (Å²) < 4.78 is 48.2. The van der Waals surface area contributed by atoms with Crippen molar-refractivity contribution in [1.29, 1.82) is 0 Å². The zero-order chi connectivity index (χ0) is 8.91. The quantitative estimate of drug-likeness (QED) is 0.369. The summed E-state index contributed by atoms with van der Waals surface area (Å²) in [5.74, 6) is -0.431. The van der Waals surface area contributed by atoms with E-state index in [1.165, 1.54) is 0 Å². The van der Waals surface area contributed by atoms with Gasteiger partial charge >= 0.3 is 0 Å². The predicted octanol–water partition coefficient (Wildman–Crippen LogP) is -0.466. The molecule has 0 aliphatic rings. The Labute approximate surface area is 67.8 Å². The second-order valence-corrected chi connectivity index (χ2v) is 4.59. The van der Waals surface area contributed by atoms with Gasteiger partial charge in [0.05, 0.1) is 5.75 Å². The van der Waals surface area contributed by atoms with Crippen molar-refractivity contribution in [2.45, 2.75) is 12.8 Å². The van der Waals surface area contributed by atoms with Gasteiger partial charge in [-0.2, -0.15) is 8.42 Å². The molecule has 1 N–H and O–H groups in total. The maximum atomic E-state index is 10.1. The Hall–Kier alpha value is 0.0200. The lowest BCUT2D eigenvalue weighted by molar-refractivity contribution is 0.480. The van der Waals surface area contributed by atoms with Crippen LogP contribution in [0, 0.1) is 0 Å². The third-order valence-corrected chi connectivity index (χ3v) is 2.39. The Balaban J connectivity index is 3.37. The molecule has 0 spiro atoms. The second kappa shape index (κ2) is 4.81. The summed E-state index contributed by atoms with van der Waals surface area (Å²) in [7, 11) is -3.92. The zero-order valence-electron chi connectivity index (χ0n) is 5.73. The maximum absolute atomic E-state index is 10.1. The molecule has 0 aliphatic heterocycles. The molecular formula is C4H9O5S2-. The van der Waals surface area contributed by atoms with Crippen molar-refractivity contribution in [3.63, 3.8) is 0 Å². The predicted molar refractivity (Wildman–Crippen MR) is 39.4 cm³/mol. The Morgan fingerprint density at radius 3 is 2.27 bits per heavy atom. The highest BCUT2D eigenvalue weighted by Gasteiger charge is 2.02. The van der Waals surface area contributed by atoms with E-state index in [0.717, 1.165) is 0 Å². The zero-order valence-corrected chi connectivity index (χ0v) is 7.36. The van der Waals surface area contributed by atoms with Gasteiger partial charge in [-0.05, 0) is 12.8 Å². The van der Waals surface area contributed by atoms with E-state index in [1.807, 2.05) is 0 Å². The average molecular weight is 201 g/mol. The van der Waals surface area contributed by atoms with Gasteiger partial charge in [-0.15, -0.1) is 0 Å². The van der Waals surface area contributed by atoms with Gasteiger partial charge in [0, 0.05) is 5.75 Å². The molecule has 0 saturated carbocycles. The fourth-order valence-electron chi connectivity index (χ4n) is 0.504. The molecule has 0 rings (SSSR count). The Morgan fingerprint density at radius 2 is 1.91 bits per heavy atom. The van der Waals surface area contributed by atoms with Crippen molar-refractivity contribution >= 4 is 21.2 Å². The highest BCUT2D eigenvalue weighted by Crippen LogP contribution is 1.94. The first-order valence-electron chi connectivity index (χ1n) is 2.93. The van der Waals surface area contributed by atoms with Crippen LogP contribution in [0.5, 0.6) is 0 Å². The van der Waals surface area contributed by atoms with E-state index >= 15 is 0 Å². The van der Waals surface area contributed by atoms with Crippen LogP contribution in [0.15, 0.2) is 0 Å². The molecule has 1 unspecified atom stereocenters. The van der Waals surface area contributed by atoms with Crippen LogP contribution in [-0.4, -0.2) is 33.2 Å². The van der Waals surface area contributed by atoms with Gasteiger partial charge in [-0.3, -0.25) is 8.76 Å². The van der Waals surface area contributed by atoms with Gasteiger partial charge in [0.15, 0.2) is 0 Å². The van der Waals surface area contributed by atoms with E-state index in [9.17, 15) is 17.2 Å². The van der Waals surface area contributed by atoms with Crippen molar-refractivity contribution in [2.75, 3.05) is 11.5 Å². The van der Waals surface area contributed by atoms with E-state index in [-0.39, 0.29) is 24.3 Å². The van der Waals surface area contributed by atoms with Crippen LogP contribution < -0.4 is 0 Å². The molecule has 11 heavy (non-hydrogen) atoms. The summed E-state index contributed by atoms with van der Waals surface area (Å²) in [6.07, 6.45) is 0.433. The summed E-state index contributed by atoms with van der Waals surface area (Å²) in [5.41, 5.74) is 0. The Bertz CT molecular complexity index is 219. The number of hydrogen-bond acceptors (Lipinski definition) is 4. The van der Waals surface area contributed by atoms with E-state index in [4.69, 9.17) is 4.55 Å². The minimum absolute atomic E-state index is 0.0600. The van der Waals surface area contributed by atoms with Crippen LogP contribution in [0.4, 0.5) is 0 Å². The van der Waals surface area contributed by atoms with Crippen LogP contribution in [0.1, 0.15) is 12.8 Å². The topological polar surface area (TPSA) is 94.5 Å². The number of hydrogen-bond donors (Lipinski definition) is 1. The molecule has 0 bridgehead atoms. The third-order valence-electron chi connectivity index (χ3n) is 0.963. The molecule has 0 aromatic rings. The SMILES string of the molecule is O=S([O-])CCCCS(=O)(=O)O. The van der Waals surface area contributed by atoms with Crippen LogP contribution >= 0.6 is 0 Å². The molecule has 0 aromatic carbocycles. The van der Waals surface area contributed by atoms with E-state index in [2.05, 4.69) is 0 Å². The van der Waals surface area contributed by atoms with Gasteiger partial charge in [0.25, 0.3) is 10.1 Å². The summed E-state index contributed by atoms with van der Waals surface area (Å²) in [4.78, 5) is 0. The monoisotopic (exact) mass is 201 g/mol. The Morgan fingerprint density at radius 1 is 1.36 bits per heavy atom. The number of rotatable bonds is 5. The number of unbranched alkanes of at least 4 members (excludes halogenated alkanes) is 1. The van der Waals surface area contributed by atoms with Crippen LogP contribution in [0.2, 0.25) is 0 Å². The molecule has 0 heterocycles. The highest BCUT2D eigenvalue weighted by atomic mass is 32.2. The van der Waals surface area contributed by atoms with Crippen LogP contribution in [0.25, 0.3) is 0 Å². The Kier molecular flexibility index (Phi) is 4.82. The first-order chi connectivity index (χ1) is 4.92. The fourth-order valence-corrected chi connectivity index (χ4v) is 1.51. The molecule has 0 aliphatic carbocycles. The molecule has 0 aromatic heterocycles. The first kappa shape index (κ1) is 11.0. The molecule has 5 nitrogen and oxygen atoms in total. The molecule has 7 heteroatoms. The van der Waals surface area contributed by atoms with Crippen molar-refractivity contribution in [3.8, 4) is 0 Å². The molecule has 0 saturated heterocycles. The lowest BCUT2D eigenvalue weighted by atomic mass is 10.4. The standard InChI is InChI=1S/C4H10O5S2/c5-10(6)3-1-2-4-11(7,8)9/h1-4H2,(H,5,6)(H,7,8,9)/p-1. The fraction of sp³-hybridized carbons (Fsp3) is 1.00. The third kappa shape index (κ3) is 10.0. The molecule has 1 atom stereocenters. The normalized spacial score (nSPS) is 14.7. The van der Waals surface area contributed by atoms with Crippen molar-refractivity contribution in [1.82, 2.24) is 0 Å². The molecule has 0 radical (unpaired) electrons. The van der Waals surface area contributed by atoms with Gasteiger partial charge < -0.3 is 4.55 Å². The lowest BCUT2D eigenvalue weighted by Gasteiger charge is -2.02. The molecule has 0 amide bonds. The van der Waals surface area contributed by atoms with Crippen molar-refractivity contribution in [2.24, 2.45) is 0 Å². The second-order valence-electron chi connectivity index (χ2n) is 2.00. The smallest absolute Gasteiger partial charge is 0.264 e. The largest absolute Gasteiger partial charge is 0.772 e. The van der Waals surface area contributed by atoms with Crippen molar-refractivity contribution in [3.05, 3.63) is 0 Å². The van der Waals surface area contributed by atoms with E-state index in [0.29, 0.717) is 0 Å². The molecule has 0 fully saturated rings. The maximum Gasteiger partial charge on any atom is 0.264 e. The van der Waals surface area contributed by atoms with Gasteiger partial charge in [-0.1, -0.05) is 11.1 Å². The minimum atomic E-state index is -3.92. The van der Waals surface area contributed by atoms with E-state index < -0.39 is 21.2 Å². The van der Waals surface area contributed by atoms with Crippen LogP contribution in [0.3, 0.4) is 0 Å². The van der Waals surface area contributed by atoms with Gasteiger partial charge in [0.2, 0.25) is 0 Å². The lowest BCUT2D eigenvalue weighted by Crippen LogP contribution is -2.05. The summed E-state index contributed by atoms with van der Waals surface area (Å²) in [5, 5.41) is 0. The minimum Gasteiger partial charge on any atom is -0.772 e. The molecule has 68 valence electrons. The van der Waals surface area contributed by atoms with Gasteiger partial charge in [0.1, 0.15) is 0 Å². The summed E-state index contributed by atoms with van der Waals surface area (Å²) >= 11 is -2.12. The van der Waals surface area contributed by atoms with Gasteiger partial charge in [-0.25, -0.2) is 0 Å².